The summed E-state index contributed by atoms with van der Waals surface area (Å²) in [4.78, 5) is 2.08. The third-order valence-electron chi connectivity index (χ3n) is 2.71. The molecule has 1 rings (SSSR count). The lowest BCUT2D eigenvalue weighted by Crippen LogP contribution is -2.28. The first-order valence-electron chi connectivity index (χ1n) is 5.11. The van der Waals surface area contributed by atoms with Crippen molar-refractivity contribution in [2.75, 3.05) is 39.5 Å². The summed E-state index contributed by atoms with van der Waals surface area (Å²) in [6.45, 7) is 2.40. The van der Waals surface area contributed by atoms with Crippen molar-refractivity contribution in [3.63, 3.8) is 0 Å². The lowest BCUT2D eigenvalue weighted by atomic mass is 10.4. The van der Waals surface area contributed by atoms with Gasteiger partial charge in [0.25, 0.3) is 0 Å². The lowest BCUT2D eigenvalue weighted by molar-refractivity contribution is 0.417. The van der Waals surface area contributed by atoms with Gasteiger partial charge in [-0.1, -0.05) is 0 Å². The molecule has 0 radical (unpaired) electrons. The molecule has 1 heterocycles. The summed E-state index contributed by atoms with van der Waals surface area (Å²) < 4.78 is 23.6. The van der Waals surface area contributed by atoms with Crippen molar-refractivity contribution in [1.82, 2.24) is 10.2 Å². The first-order valence-corrected chi connectivity index (χ1v) is 6.82. The fourth-order valence-electron chi connectivity index (χ4n) is 1.80. The smallest absolute Gasteiger partial charge is 0.154 e. The topological polar surface area (TPSA) is 49.4 Å². The van der Waals surface area contributed by atoms with Crippen LogP contribution >= 0.6 is 0 Å². The van der Waals surface area contributed by atoms with E-state index < -0.39 is 9.84 Å². The molecule has 1 saturated heterocycles. The number of nitrogens with zero attached hydrogens (tertiary/aromatic N) is 1. The molecule has 0 aromatic heterocycles. The van der Waals surface area contributed by atoms with Crippen LogP contribution in [0.1, 0.15) is 12.8 Å². The summed E-state index contributed by atoms with van der Waals surface area (Å²) in [5.41, 5.74) is 0. The predicted octanol–water partition coefficient (Wildman–Crippen LogP) is -0.285. The second-order valence-electron chi connectivity index (χ2n) is 4.00. The SMILES string of the molecule is CNCCCS(=O)(=O)C1CCN(C)C1. The van der Waals surface area contributed by atoms with E-state index in [9.17, 15) is 8.42 Å². The molecule has 1 fully saturated rings. The summed E-state index contributed by atoms with van der Waals surface area (Å²) in [5.74, 6) is 0.326. The molecule has 0 aliphatic carbocycles. The molecule has 84 valence electrons. The van der Waals surface area contributed by atoms with Crippen molar-refractivity contribution in [2.45, 2.75) is 18.1 Å². The highest BCUT2D eigenvalue weighted by atomic mass is 32.2. The van der Waals surface area contributed by atoms with Crippen molar-refractivity contribution >= 4 is 9.84 Å². The highest BCUT2D eigenvalue weighted by Gasteiger charge is 2.30. The van der Waals surface area contributed by atoms with Gasteiger partial charge >= 0.3 is 0 Å². The molecule has 0 bridgehead atoms. The Morgan fingerprint density at radius 3 is 2.71 bits per heavy atom. The predicted molar refractivity (Wildman–Crippen MR) is 58.2 cm³/mol. The molecule has 1 aliphatic rings. The highest BCUT2D eigenvalue weighted by Crippen LogP contribution is 2.16. The quantitative estimate of drug-likeness (QED) is 0.647. The van der Waals surface area contributed by atoms with Crippen LogP contribution in [0.25, 0.3) is 0 Å². The summed E-state index contributed by atoms with van der Waals surface area (Å²) in [7, 11) is 0.972. The van der Waals surface area contributed by atoms with Gasteiger partial charge in [0.2, 0.25) is 0 Å². The van der Waals surface area contributed by atoms with E-state index in [-0.39, 0.29) is 5.25 Å². The van der Waals surface area contributed by atoms with Crippen LogP contribution in [0.4, 0.5) is 0 Å². The molecule has 1 unspecified atom stereocenters. The second kappa shape index (κ2) is 5.09. The summed E-state index contributed by atoms with van der Waals surface area (Å²) in [5, 5.41) is 2.84. The van der Waals surface area contributed by atoms with Crippen molar-refractivity contribution in [1.29, 1.82) is 0 Å². The van der Waals surface area contributed by atoms with Crippen LogP contribution in [0.15, 0.2) is 0 Å². The summed E-state index contributed by atoms with van der Waals surface area (Å²) in [6, 6.07) is 0. The van der Waals surface area contributed by atoms with Gasteiger partial charge in [-0.05, 0) is 40.0 Å². The normalized spacial score (nSPS) is 24.3. The van der Waals surface area contributed by atoms with Crippen LogP contribution in [0.3, 0.4) is 0 Å². The second-order valence-corrected chi connectivity index (χ2v) is 6.40. The van der Waals surface area contributed by atoms with E-state index in [4.69, 9.17) is 0 Å². The van der Waals surface area contributed by atoms with Gasteiger partial charge in [0.05, 0.1) is 11.0 Å². The minimum absolute atomic E-state index is 0.121. The van der Waals surface area contributed by atoms with Crippen molar-refractivity contribution in [3.8, 4) is 0 Å². The van der Waals surface area contributed by atoms with Crippen molar-refractivity contribution < 1.29 is 8.42 Å². The average Bonchev–Trinajstić information content (AvgIpc) is 2.53. The van der Waals surface area contributed by atoms with Crippen LogP contribution in [-0.4, -0.2) is 58.1 Å². The molecule has 14 heavy (non-hydrogen) atoms. The summed E-state index contributed by atoms with van der Waals surface area (Å²) in [6.07, 6.45) is 1.53. The van der Waals surface area contributed by atoms with E-state index in [0.717, 1.165) is 25.9 Å². The minimum atomic E-state index is -2.85. The number of sulfone groups is 1. The zero-order valence-corrected chi connectivity index (χ0v) is 9.81. The van der Waals surface area contributed by atoms with E-state index >= 15 is 0 Å². The Kier molecular flexibility index (Phi) is 4.34. The van der Waals surface area contributed by atoms with Crippen molar-refractivity contribution in [3.05, 3.63) is 0 Å². The highest BCUT2D eigenvalue weighted by molar-refractivity contribution is 7.92. The standard InChI is InChI=1S/C9H20N2O2S/c1-10-5-3-7-14(12,13)9-4-6-11(2)8-9/h9-10H,3-8H2,1-2H3. The first-order chi connectivity index (χ1) is 6.56. The maximum absolute atomic E-state index is 11.8. The van der Waals surface area contributed by atoms with Crippen LogP contribution in [0.2, 0.25) is 0 Å². The zero-order valence-electron chi connectivity index (χ0n) is 8.99. The fourth-order valence-corrected chi connectivity index (χ4v) is 3.63. The molecule has 5 heteroatoms. The van der Waals surface area contributed by atoms with Gasteiger partial charge in [0.1, 0.15) is 0 Å². The van der Waals surface area contributed by atoms with Crippen LogP contribution in [0, 0.1) is 0 Å². The molecule has 0 aromatic rings. The third kappa shape index (κ3) is 3.22. The maximum Gasteiger partial charge on any atom is 0.154 e. The molecular weight excluding hydrogens is 200 g/mol. The van der Waals surface area contributed by atoms with E-state index in [0.29, 0.717) is 12.3 Å². The molecule has 0 aromatic carbocycles. The fraction of sp³-hybridized carbons (Fsp3) is 1.00. The molecule has 1 N–H and O–H groups in total. The third-order valence-corrected chi connectivity index (χ3v) is 4.97. The van der Waals surface area contributed by atoms with Gasteiger partial charge in [-0.15, -0.1) is 0 Å². The van der Waals surface area contributed by atoms with E-state index in [1.54, 1.807) is 0 Å². The van der Waals surface area contributed by atoms with E-state index in [2.05, 4.69) is 10.2 Å². The van der Waals surface area contributed by atoms with Gasteiger partial charge in [0, 0.05) is 6.54 Å². The molecule has 0 saturated carbocycles. The van der Waals surface area contributed by atoms with Crippen LogP contribution in [-0.2, 0) is 9.84 Å². The van der Waals surface area contributed by atoms with Gasteiger partial charge in [0.15, 0.2) is 9.84 Å². The number of nitrogens with one attached hydrogen (secondary N) is 1. The minimum Gasteiger partial charge on any atom is -0.320 e. The maximum atomic E-state index is 11.8. The van der Waals surface area contributed by atoms with Crippen molar-refractivity contribution in [2.24, 2.45) is 0 Å². The van der Waals surface area contributed by atoms with Crippen LogP contribution in [0.5, 0.6) is 0 Å². The Balaban J connectivity index is 2.41. The molecule has 1 atom stereocenters. The van der Waals surface area contributed by atoms with E-state index in [1.165, 1.54) is 0 Å². The number of hydrogen-bond acceptors (Lipinski definition) is 4. The van der Waals surface area contributed by atoms with E-state index in [1.807, 2.05) is 14.1 Å². The Morgan fingerprint density at radius 1 is 1.50 bits per heavy atom. The zero-order chi connectivity index (χ0) is 10.6. The monoisotopic (exact) mass is 220 g/mol. The number of likely N-dealkylation sites (tertiary alicyclic amines) is 1. The first kappa shape index (κ1) is 11.9. The molecule has 1 aliphatic heterocycles. The Bertz CT molecular complexity index is 264. The van der Waals surface area contributed by atoms with Gasteiger partial charge < -0.3 is 10.2 Å². The molecule has 4 nitrogen and oxygen atoms in total. The van der Waals surface area contributed by atoms with Gasteiger partial charge in [-0.2, -0.15) is 0 Å². The molecule has 0 amide bonds. The Morgan fingerprint density at radius 2 is 2.21 bits per heavy atom. The number of rotatable bonds is 5. The van der Waals surface area contributed by atoms with Gasteiger partial charge in [-0.25, -0.2) is 8.42 Å². The average molecular weight is 220 g/mol. The van der Waals surface area contributed by atoms with Gasteiger partial charge in [-0.3, -0.25) is 0 Å². The summed E-state index contributed by atoms with van der Waals surface area (Å²) >= 11 is 0. The molecule has 0 spiro atoms. The number of hydrogen-bond donors (Lipinski definition) is 1. The largest absolute Gasteiger partial charge is 0.320 e. The van der Waals surface area contributed by atoms with Crippen LogP contribution < -0.4 is 5.32 Å². The molecular formula is C9H20N2O2S. The Hall–Kier alpha value is -0.130. The Labute approximate surface area is 86.6 Å². The lowest BCUT2D eigenvalue weighted by Gasteiger charge is -2.11.